The summed E-state index contributed by atoms with van der Waals surface area (Å²) < 4.78 is 12.5. The van der Waals surface area contributed by atoms with Crippen molar-refractivity contribution in [1.29, 1.82) is 0 Å². The fourth-order valence-electron chi connectivity index (χ4n) is 0.260. The standard InChI is InChI=1S/C3BrClFNS/c4-1-2(5)7-3(6)8-1. The van der Waals surface area contributed by atoms with Crippen LogP contribution < -0.4 is 0 Å². The number of thiazole rings is 1. The van der Waals surface area contributed by atoms with Crippen LogP contribution in [0, 0.1) is 5.26 Å². The van der Waals surface area contributed by atoms with E-state index in [-0.39, 0.29) is 5.15 Å². The lowest BCUT2D eigenvalue weighted by Crippen LogP contribution is -1.63. The van der Waals surface area contributed by atoms with Crippen molar-refractivity contribution >= 4 is 38.9 Å². The van der Waals surface area contributed by atoms with Gasteiger partial charge in [0.2, 0.25) is 0 Å². The van der Waals surface area contributed by atoms with Gasteiger partial charge in [-0.05, 0) is 15.9 Å². The van der Waals surface area contributed by atoms with Gasteiger partial charge >= 0.3 is 0 Å². The molecule has 0 saturated heterocycles. The summed E-state index contributed by atoms with van der Waals surface area (Å²) >= 11 is 9.22. The van der Waals surface area contributed by atoms with Gasteiger partial charge in [-0.25, -0.2) is 0 Å². The van der Waals surface area contributed by atoms with Crippen LogP contribution in [0.5, 0.6) is 0 Å². The largest absolute Gasteiger partial charge is 0.271 e. The third-order valence-corrected chi connectivity index (χ3v) is 2.63. The van der Waals surface area contributed by atoms with E-state index in [1.165, 1.54) is 0 Å². The van der Waals surface area contributed by atoms with E-state index in [1.54, 1.807) is 0 Å². The molecule has 0 unspecified atom stereocenters. The smallest absolute Gasteiger partial charge is 0.196 e. The third kappa shape index (κ3) is 1.18. The summed E-state index contributed by atoms with van der Waals surface area (Å²) in [7, 11) is 0. The van der Waals surface area contributed by atoms with Crippen molar-refractivity contribution in [2.24, 2.45) is 0 Å². The molecule has 0 bridgehead atoms. The Bertz CT molecular complexity index is 182. The minimum atomic E-state index is -0.512. The Labute approximate surface area is 62.6 Å². The molecule has 0 N–H and O–H groups in total. The molecule has 5 heteroatoms. The summed E-state index contributed by atoms with van der Waals surface area (Å²) in [5.74, 6) is 0. The molecule has 0 aromatic carbocycles. The van der Waals surface area contributed by atoms with Crippen molar-refractivity contribution in [3.05, 3.63) is 14.2 Å². The zero-order valence-corrected chi connectivity index (χ0v) is 6.65. The van der Waals surface area contributed by atoms with Crippen molar-refractivity contribution in [1.82, 2.24) is 4.98 Å². The van der Waals surface area contributed by atoms with Gasteiger partial charge in [0, 0.05) is 0 Å². The maximum atomic E-state index is 12.0. The van der Waals surface area contributed by atoms with Crippen LogP contribution in [0.1, 0.15) is 0 Å². The van der Waals surface area contributed by atoms with Crippen molar-refractivity contribution in [3.63, 3.8) is 0 Å². The van der Waals surface area contributed by atoms with E-state index in [9.17, 15) is 4.39 Å². The molecular weight excluding hydrogens is 216 g/mol. The molecule has 0 amide bonds. The highest BCUT2D eigenvalue weighted by atomic mass is 79.9. The summed E-state index contributed by atoms with van der Waals surface area (Å²) in [6, 6.07) is 0. The lowest BCUT2D eigenvalue weighted by Gasteiger charge is -1.71. The molecular formula is C3BrClFNS. The van der Waals surface area contributed by atoms with E-state index in [4.69, 9.17) is 11.6 Å². The Morgan fingerprint density at radius 1 is 1.75 bits per heavy atom. The highest BCUT2D eigenvalue weighted by Crippen LogP contribution is 2.27. The third-order valence-electron chi connectivity index (χ3n) is 0.522. The Kier molecular flexibility index (Phi) is 1.84. The summed E-state index contributed by atoms with van der Waals surface area (Å²) in [6.07, 6.45) is 0. The van der Waals surface area contributed by atoms with Crippen LogP contribution in [0.2, 0.25) is 5.15 Å². The number of nitrogens with zero attached hydrogens (tertiary/aromatic N) is 1. The molecule has 1 aromatic heterocycles. The number of hydrogen-bond donors (Lipinski definition) is 0. The van der Waals surface area contributed by atoms with Gasteiger partial charge in [0.1, 0.15) is 3.79 Å². The Balaban J connectivity index is 3.14. The van der Waals surface area contributed by atoms with E-state index < -0.39 is 5.26 Å². The van der Waals surface area contributed by atoms with Gasteiger partial charge in [-0.1, -0.05) is 22.9 Å². The highest BCUT2D eigenvalue weighted by Gasteiger charge is 2.03. The first kappa shape index (κ1) is 6.45. The van der Waals surface area contributed by atoms with Gasteiger partial charge in [0.05, 0.1) is 0 Å². The van der Waals surface area contributed by atoms with Crippen molar-refractivity contribution in [2.45, 2.75) is 0 Å². The average molecular weight is 216 g/mol. The summed E-state index contributed by atoms with van der Waals surface area (Å²) in [6.45, 7) is 0. The van der Waals surface area contributed by atoms with Gasteiger partial charge in [-0.15, -0.1) is 0 Å². The fraction of sp³-hybridized carbons (Fsp3) is 0. The number of rotatable bonds is 0. The zero-order chi connectivity index (χ0) is 6.15. The maximum Gasteiger partial charge on any atom is 0.271 e. The minimum absolute atomic E-state index is 0.188. The van der Waals surface area contributed by atoms with Crippen molar-refractivity contribution in [2.75, 3.05) is 0 Å². The lowest BCUT2D eigenvalue weighted by molar-refractivity contribution is 0.617. The molecule has 0 spiro atoms. The van der Waals surface area contributed by atoms with Crippen LogP contribution in [-0.4, -0.2) is 4.98 Å². The molecule has 1 rings (SSSR count). The van der Waals surface area contributed by atoms with Crippen LogP contribution >= 0.6 is 38.9 Å². The molecule has 1 aromatic rings. The predicted octanol–water partition coefficient (Wildman–Crippen LogP) is 2.70. The topological polar surface area (TPSA) is 12.9 Å². The summed E-state index contributed by atoms with van der Waals surface area (Å²) in [5, 5.41) is -0.325. The van der Waals surface area contributed by atoms with Crippen LogP contribution in [0.3, 0.4) is 0 Å². The normalized spacial score (nSPS) is 9.88. The summed E-state index contributed by atoms with van der Waals surface area (Å²) in [4.78, 5) is 3.28. The maximum absolute atomic E-state index is 12.0. The monoisotopic (exact) mass is 215 g/mol. The first-order valence-electron chi connectivity index (χ1n) is 1.67. The first-order valence-corrected chi connectivity index (χ1v) is 3.66. The molecule has 0 radical (unpaired) electrons. The van der Waals surface area contributed by atoms with E-state index in [0.29, 0.717) is 3.79 Å². The van der Waals surface area contributed by atoms with Crippen molar-refractivity contribution < 1.29 is 4.39 Å². The Hall–Kier alpha value is 0.330. The zero-order valence-electron chi connectivity index (χ0n) is 3.49. The second-order valence-corrected chi connectivity index (χ2v) is 3.66. The molecule has 44 valence electrons. The van der Waals surface area contributed by atoms with Gasteiger partial charge in [0.25, 0.3) is 5.26 Å². The quantitative estimate of drug-likeness (QED) is 0.650. The molecule has 0 aliphatic heterocycles. The van der Waals surface area contributed by atoms with Crippen LogP contribution in [-0.2, 0) is 0 Å². The first-order chi connectivity index (χ1) is 3.70. The van der Waals surface area contributed by atoms with Crippen LogP contribution in [0.4, 0.5) is 4.39 Å². The van der Waals surface area contributed by atoms with Crippen LogP contribution in [0.25, 0.3) is 0 Å². The Morgan fingerprint density at radius 2 is 2.38 bits per heavy atom. The predicted molar refractivity (Wildman–Crippen MR) is 34.8 cm³/mol. The molecule has 0 saturated carbocycles. The number of aromatic nitrogens is 1. The van der Waals surface area contributed by atoms with E-state index in [1.807, 2.05) is 0 Å². The second kappa shape index (κ2) is 2.29. The Morgan fingerprint density at radius 3 is 2.50 bits per heavy atom. The lowest BCUT2D eigenvalue weighted by atomic mass is 11.0. The molecule has 1 heterocycles. The van der Waals surface area contributed by atoms with Gasteiger partial charge in [0.15, 0.2) is 5.15 Å². The number of halogens is 3. The second-order valence-electron chi connectivity index (χ2n) is 1.03. The van der Waals surface area contributed by atoms with E-state index in [2.05, 4.69) is 20.9 Å². The van der Waals surface area contributed by atoms with Gasteiger partial charge in [-0.3, -0.25) is 0 Å². The molecule has 0 aliphatic rings. The minimum Gasteiger partial charge on any atom is -0.196 e. The average Bonchev–Trinajstić information content (AvgIpc) is 1.85. The molecule has 1 nitrogen and oxygen atoms in total. The fourth-order valence-corrected chi connectivity index (χ4v) is 1.40. The molecule has 0 atom stereocenters. The van der Waals surface area contributed by atoms with Gasteiger partial charge in [-0.2, -0.15) is 9.37 Å². The molecule has 8 heavy (non-hydrogen) atoms. The van der Waals surface area contributed by atoms with E-state index >= 15 is 0 Å². The summed E-state index contributed by atoms with van der Waals surface area (Å²) in [5.41, 5.74) is 0. The molecule has 0 aliphatic carbocycles. The molecule has 0 fully saturated rings. The van der Waals surface area contributed by atoms with E-state index in [0.717, 1.165) is 11.3 Å². The number of hydrogen-bond acceptors (Lipinski definition) is 2. The van der Waals surface area contributed by atoms with Crippen molar-refractivity contribution in [3.8, 4) is 0 Å². The SMILES string of the molecule is Fc1nc(Cl)c(Br)s1. The van der Waals surface area contributed by atoms with Crippen LogP contribution in [0.15, 0.2) is 3.79 Å². The highest BCUT2D eigenvalue weighted by molar-refractivity contribution is 9.11. The van der Waals surface area contributed by atoms with Gasteiger partial charge < -0.3 is 0 Å².